The lowest BCUT2D eigenvalue weighted by Crippen LogP contribution is -2.31. The topological polar surface area (TPSA) is 67.3 Å². The van der Waals surface area contributed by atoms with E-state index in [0.29, 0.717) is 28.0 Å². The molecule has 30 heavy (non-hydrogen) atoms. The van der Waals surface area contributed by atoms with Gasteiger partial charge in [0, 0.05) is 46.9 Å². The lowest BCUT2D eigenvalue weighted by Gasteiger charge is -2.27. The van der Waals surface area contributed by atoms with Crippen molar-refractivity contribution in [2.45, 2.75) is 13.3 Å². The van der Waals surface area contributed by atoms with Gasteiger partial charge in [-0.25, -0.2) is 0 Å². The molecule has 1 heterocycles. The Morgan fingerprint density at radius 1 is 0.867 bits per heavy atom. The molecule has 0 radical (unpaired) electrons. The van der Waals surface area contributed by atoms with E-state index in [9.17, 15) is 14.4 Å². The number of nitrogens with zero attached hydrogens (tertiary/aromatic N) is 2. The molecule has 0 spiro atoms. The fourth-order valence-corrected chi connectivity index (χ4v) is 3.66. The predicted molar refractivity (Wildman–Crippen MR) is 115 cm³/mol. The summed E-state index contributed by atoms with van der Waals surface area (Å²) in [7, 11) is 1.75. The zero-order valence-electron chi connectivity index (χ0n) is 16.8. The minimum Gasteiger partial charge on any atom is -0.341 e. The number of anilines is 1. The van der Waals surface area contributed by atoms with Crippen molar-refractivity contribution in [3.63, 3.8) is 0 Å². The maximum Gasteiger partial charge on any atom is 0.210 e. The maximum absolute atomic E-state index is 13.1. The number of aromatic nitrogens is 1. The van der Waals surface area contributed by atoms with Crippen LogP contribution in [0.2, 0.25) is 0 Å². The molecule has 0 aliphatic heterocycles. The van der Waals surface area contributed by atoms with Crippen molar-refractivity contribution in [3.05, 3.63) is 107 Å². The third kappa shape index (κ3) is 3.46. The zero-order valence-corrected chi connectivity index (χ0v) is 16.8. The summed E-state index contributed by atoms with van der Waals surface area (Å²) in [5, 5.41) is 0. The van der Waals surface area contributed by atoms with Crippen LogP contribution in [0.3, 0.4) is 0 Å². The van der Waals surface area contributed by atoms with Gasteiger partial charge >= 0.3 is 0 Å². The highest BCUT2D eigenvalue weighted by Gasteiger charge is 2.32. The van der Waals surface area contributed by atoms with Crippen LogP contribution in [-0.4, -0.2) is 29.4 Å². The molecule has 148 valence electrons. The van der Waals surface area contributed by atoms with Gasteiger partial charge in [0.25, 0.3) is 0 Å². The third-order valence-corrected chi connectivity index (χ3v) is 5.31. The Morgan fingerprint density at radius 3 is 2.13 bits per heavy atom. The van der Waals surface area contributed by atoms with Crippen LogP contribution in [-0.2, 0) is 6.42 Å². The lowest BCUT2D eigenvalue weighted by atomic mass is 9.87. The average molecular weight is 396 g/mol. The zero-order chi connectivity index (χ0) is 21.3. The Morgan fingerprint density at radius 2 is 1.50 bits per heavy atom. The summed E-state index contributed by atoms with van der Waals surface area (Å²) in [5.74, 6) is -0.356. The van der Waals surface area contributed by atoms with Gasteiger partial charge in [0.15, 0.2) is 11.6 Å². The molecule has 0 saturated carbocycles. The second kappa shape index (κ2) is 7.87. The van der Waals surface area contributed by atoms with Crippen molar-refractivity contribution in [2.24, 2.45) is 0 Å². The van der Waals surface area contributed by atoms with E-state index < -0.39 is 0 Å². The van der Waals surface area contributed by atoms with Gasteiger partial charge in [-0.05, 0) is 43.3 Å². The van der Waals surface area contributed by atoms with E-state index in [1.165, 1.54) is 0 Å². The molecule has 0 saturated heterocycles. The summed E-state index contributed by atoms with van der Waals surface area (Å²) in [5.41, 5.74) is 3.63. The Labute approximate surface area is 174 Å². The predicted octanol–water partition coefficient (Wildman–Crippen LogP) is 4.30. The molecule has 5 nitrogen and oxygen atoms in total. The maximum atomic E-state index is 13.1. The number of hydrogen-bond donors (Lipinski definition) is 0. The van der Waals surface area contributed by atoms with Crippen LogP contribution < -0.4 is 4.90 Å². The molecular weight excluding hydrogens is 376 g/mol. The van der Waals surface area contributed by atoms with Gasteiger partial charge in [0.05, 0.1) is 12.1 Å². The monoisotopic (exact) mass is 396 g/mol. The minimum absolute atomic E-state index is 0.0313. The quantitative estimate of drug-likeness (QED) is 0.602. The van der Waals surface area contributed by atoms with Crippen molar-refractivity contribution in [1.82, 2.24) is 4.98 Å². The van der Waals surface area contributed by atoms with Crippen LogP contribution in [0.4, 0.5) is 5.69 Å². The summed E-state index contributed by atoms with van der Waals surface area (Å²) < 4.78 is 0. The van der Waals surface area contributed by atoms with E-state index in [4.69, 9.17) is 0 Å². The largest absolute Gasteiger partial charge is 0.341 e. The second-order valence-electron chi connectivity index (χ2n) is 7.20. The van der Waals surface area contributed by atoms with E-state index in [-0.39, 0.29) is 23.8 Å². The van der Waals surface area contributed by atoms with Crippen LogP contribution >= 0.6 is 0 Å². The number of hydrogen-bond acceptors (Lipinski definition) is 5. The van der Waals surface area contributed by atoms with E-state index >= 15 is 0 Å². The van der Waals surface area contributed by atoms with Crippen molar-refractivity contribution in [3.8, 4) is 0 Å². The molecule has 2 aromatic carbocycles. The van der Waals surface area contributed by atoms with E-state index in [1.807, 2.05) is 18.2 Å². The number of ketones is 3. The molecule has 3 aromatic rings. The van der Waals surface area contributed by atoms with Crippen molar-refractivity contribution in [1.29, 1.82) is 0 Å². The Hall–Kier alpha value is -3.86. The van der Waals surface area contributed by atoms with Gasteiger partial charge in [-0.2, -0.15) is 0 Å². The smallest absolute Gasteiger partial charge is 0.210 e. The number of allylic oxidation sites excluding steroid dienone is 2. The summed E-state index contributed by atoms with van der Waals surface area (Å²) in [6.45, 7) is 1.67. The SMILES string of the molecule is CC1=C(N(C)c2ccc(C(=O)Cc3ccccn3)cc2)C(=O)c2ccccc2C1=O. The highest BCUT2D eigenvalue weighted by Crippen LogP contribution is 2.30. The molecule has 0 N–H and O–H groups in total. The lowest BCUT2D eigenvalue weighted by molar-refractivity contribution is 0.0973. The number of carbonyl (C=O) groups is 3. The molecule has 1 aliphatic carbocycles. The summed E-state index contributed by atoms with van der Waals surface area (Å²) in [4.78, 5) is 44.2. The van der Waals surface area contributed by atoms with Gasteiger partial charge in [0.2, 0.25) is 5.78 Å². The number of rotatable bonds is 5. The van der Waals surface area contributed by atoms with E-state index in [1.54, 1.807) is 73.6 Å². The highest BCUT2D eigenvalue weighted by molar-refractivity contribution is 6.27. The standard InChI is InChI=1S/C25H20N2O3/c1-16-23(25(30)21-9-4-3-8-20(21)24(16)29)27(2)19-12-10-17(11-13-19)22(28)15-18-7-5-6-14-26-18/h3-14H,15H2,1-2H3. The summed E-state index contributed by atoms with van der Waals surface area (Å²) >= 11 is 0. The second-order valence-corrected chi connectivity index (χ2v) is 7.20. The molecular formula is C25H20N2O3. The third-order valence-electron chi connectivity index (χ3n) is 5.31. The highest BCUT2D eigenvalue weighted by atomic mass is 16.1. The first-order valence-electron chi connectivity index (χ1n) is 9.63. The number of Topliss-reactive ketones (excluding diaryl/α,β-unsaturated/α-hetero) is 3. The van der Waals surface area contributed by atoms with Crippen LogP contribution in [0.1, 0.15) is 43.7 Å². The van der Waals surface area contributed by atoms with E-state index in [2.05, 4.69) is 4.98 Å². The van der Waals surface area contributed by atoms with Crippen molar-refractivity contribution < 1.29 is 14.4 Å². The Kier molecular flexibility index (Phi) is 5.11. The van der Waals surface area contributed by atoms with Crippen LogP contribution in [0.25, 0.3) is 0 Å². The summed E-state index contributed by atoms with van der Waals surface area (Å²) in [6, 6.07) is 19.4. The van der Waals surface area contributed by atoms with Crippen molar-refractivity contribution in [2.75, 3.05) is 11.9 Å². The molecule has 0 unspecified atom stereocenters. The van der Waals surface area contributed by atoms with Gasteiger partial charge in [-0.1, -0.05) is 30.3 Å². The number of benzene rings is 2. The fourth-order valence-electron chi connectivity index (χ4n) is 3.66. The normalized spacial score (nSPS) is 13.3. The summed E-state index contributed by atoms with van der Waals surface area (Å²) in [6.07, 6.45) is 1.89. The number of likely N-dealkylation sites (N-methyl/N-ethyl adjacent to an activating group) is 1. The van der Waals surface area contributed by atoms with Gasteiger partial charge < -0.3 is 4.90 Å². The molecule has 1 aliphatic rings. The van der Waals surface area contributed by atoms with Gasteiger partial charge in [0.1, 0.15) is 0 Å². The molecule has 0 atom stereocenters. The van der Waals surface area contributed by atoms with Crippen LogP contribution in [0.15, 0.2) is 84.2 Å². The molecule has 5 heteroatoms. The van der Waals surface area contributed by atoms with Crippen LogP contribution in [0.5, 0.6) is 0 Å². The Balaban J connectivity index is 1.59. The van der Waals surface area contributed by atoms with Crippen molar-refractivity contribution >= 4 is 23.0 Å². The first-order chi connectivity index (χ1) is 14.5. The number of pyridine rings is 1. The first kappa shape index (κ1) is 19.5. The first-order valence-corrected chi connectivity index (χ1v) is 9.63. The Bertz CT molecular complexity index is 1180. The minimum atomic E-state index is -0.180. The molecule has 4 rings (SSSR count). The van der Waals surface area contributed by atoms with E-state index in [0.717, 1.165) is 11.4 Å². The average Bonchev–Trinajstić information content (AvgIpc) is 2.78. The number of fused-ring (bicyclic) bond motifs is 1. The van der Waals surface area contributed by atoms with Gasteiger partial charge in [-0.15, -0.1) is 0 Å². The van der Waals surface area contributed by atoms with Gasteiger partial charge in [-0.3, -0.25) is 19.4 Å². The fraction of sp³-hybridized carbons (Fsp3) is 0.120. The van der Waals surface area contributed by atoms with Crippen LogP contribution in [0, 0.1) is 0 Å². The number of carbonyl (C=O) groups excluding carboxylic acids is 3. The molecule has 0 amide bonds. The molecule has 0 bridgehead atoms. The molecule has 1 aromatic heterocycles. The molecule has 0 fully saturated rings.